The minimum atomic E-state index is -1.02. The van der Waals surface area contributed by atoms with Gasteiger partial charge in [0.05, 0.1) is 61.5 Å². The predicted molar refractivity (Wildman–Crippen MR) is 476 cm³/mol. The van der Waals surface area contributed by atoms with Gasteiger partial charge in [-0.2, -0.15) is 0 Å². The molecule has 11 rings (SSSR count). The van der Waals surface area contributed by atoms with E-state index in [9.17, 15) is 51.1 Å². The van der Waals surface area contributed by atoms with Gasteiger partial charge in [0.2, 0.25) is 23.1 Å². The zero-order chi connectivity index (χ0) is 87.9. The molecule has 2 aliphatic heterocycles. The summed E-state index contributed by atoms with van der Waals surface area (Å²) in [6, 6.07) is 0. The van der Waals surface area contributed by atoms with Crippen molar-refractivity contribution in [3.8, 4) is 0 Å². The van der Waals surface area contributed by atoms with Crippen LogP contribution in [0.4, 0.5) is 0 Å². The first-order valence-corrected chi connectivity index (χ1v) is 47.2. The van der Waals surface area contributed by atoms with E-state index in [0.29, 0.717) is 40.9 Å². The molecule has 28 atom stereocenters. The van der Waals surface area contributed by atoms with Crippen molar-refractivity contribution in [3.63, 3.8) is 0 Å². The van der Waals surface area contributed by atoms with Crippen molar-refractivity contribution in [2.45, 2.75) is 459 Å². The third-order valence-electron chi connectivity index (χ3n) is 31.7. The predicted octanol–water partition coefficient (Wildman–Crippen LogP) is 19.0. The zero-order valence-corrected chi connectivity index (χ0v) is 83.0. The molecule has 0 radical (unpaired) electrons. The smallest absolute Gasteiger partial charge is 0.223 e. The fourth-order valence-corrected chi connectivity index (χ4v) is 27.9. The largest absolute Gasteiger partial charge is 0.396 e. The molecule has 0 amide bonds. The second-order valence-electron chi connectivity index (χ2n) is 46.2. The summed E-state index contributed by atoms with van der Waals surface area (Å²) in [5.41, 5.74) is 0.422. The van der Waals surface area contributed by atoms with Crippen LogP contribution in [0.2, 0.25) is 0 Å². The molecule has 676 valence electrons. The van der Waals surface area contributed by atoms with E-state index in [1.165, 1.54) is 38.5 Å². The van der Waals surface area contributed by atoms with Gasteiger partial charge >= 0.3 is 0 Å². The fraction of sp³-hybridized carbons (Fsp3) is 1.00. The summed E-state index contributed by atoms with van der Waals surface area (Å²) in [4.78, 5) is 0. The van der Waals surface area contributed by atoms with Gasteiger partial charge in [-0.05, 0) is 204 Å². The second-order valence-corrected chi connectivity index (χ2v) is 48.9. The van der Waals surface area contributed by atoms with Crippen LogP contribution in [0, 0.1) is 93.6 Å². The molecule has 114 heavy (non-hydrogen) atoms. The maximum Gasteiger partial charge on any atom is 0.223 e. The number of halogens is 2. The molecule has 0 aromatic rings. The monoisotopic (exact) mass is 1850 g/mol. The van der Waals surface area contributed by atoms with E-state index >= 15 is 0 Å². The number of aliphatic hydroxyl groups is 10. The van der Waals surface area contributed by atoms with Gasteiger partial charge in [-0.15, -0.1) is 0 Å². The molecule has 0 bridgehead atoms. The summed E-state index contributed by atoms with van der Waals surface area (Å²) in [5, 5.41) is 100. The Labute approximate surface area is 723 Å². The van der Waals surface area contributed by atoms with Crippen LogP contribution in [-0.4, -0.2) is 197 Å². The Morgan fingerprint density at radius 3 is 1.04 bits per heavy atom. The molecule has 0 aromatic heterocycles. The maximum atomic E-state index is 11.0. The van der Waals surface area contributed by atoms with Crippen LogP contribution in [0.3, 0.4) is 0 Å². The third-order valence-corrected chi connectivity index (χ3v) is 37.1. The molecule has 2 heterocycles. The lowest BCUT2D eigenvalue weighted by Crippen LogP contribution is -2.75. The third kappa shape index (κ3) is 22.2. The summed E-state index contributed by atoms with van der Waals surface area (Å²) in [6.07, 6.45) is 17.0. The molecule has 2 saturated heterocycles. The van der Waals surface area contributed by atoms with Crippen LogP contribution in [0.5, 0.6) is 0 Å². The van der Waals surface area contributed by atoms with Crippen LogP contribution >= 0.6 is 45.2 Å². The summed E-state index contributed by atoms with van der Waals surface area (Å²) in [6.45, 7) is 63.6. The van der Waals surface area contributed by atoms with Crippen LogP contribution in [-0.2, 0) is 37.9 Å². The van der Waals surface area contributed by atoms with Crippen LogP contribution in [0.25, 0.3) is 0 Å². The van der Waals surface area contributed by atoms with Gasteiger partial charge in [0.15, 0.2) is 0 Å². The van der Waals surface area contributed by atoms with Crippen LogP contribution in [0.1, 0.15) is 355 Å². The molecule has 20 heteroatoms. The lowest BCUT2D eigenvalue weighted by molar-refractivity contribution is -0.491. The molecule has 11 fully saturated rings. The molecule has 18 nitrogen and oxygen atoms in total. The van der Waals surface area contributed by atoms with Gasteiger partial charge in [-0.3, -0.25) is 0 Å². The Bertz CT molecular complexity index is 2760. The number of fused-ring (bicyclic) bond motifs is 4. The summed E-state index contributed by atoms with van der Waals surface area (Å²) >= 11 is 5.36. The molecule has 0 spiro atoms. The molecule has 11 aliphatic rings. The Hall–Kier alpha value is 0.740. The molecule has 10 N–H and O–H groups in total. The first-order chi connectivity index (χ1) is 51.9. The number of rotatable bonds is 11. The topological polar surface area (TPSA) is 276 Å². The van der Waals surface area contributed by atoms with Crippen LogP contribution in [0.15, 0.2) is 0 Å². The number of hydrogen-bond acceptors (Lipinski definition) is 18. The van der Waals surface area contributed by atoms with Crippen molar-refractivity contribution in [3.05, 3.63) is 0 Å². The molecule has 0 aromatic carbocycles. The Balaban J connectivity index is 0.000000243. The summed E-state index contributed by atoms with van der Waals surface area (Å²) < 4.78 is 51.2. The van der Waals surface area contributed by atoms with E-state index in [0.717, 1.165) is 116 Å². The van der Waals surface area contributed by atoms with Crippen molar-refractivity contribution >= 4 is 45.2 Å². The van der Waals surface area contributed by atoms with E-state index in [1.807, 2.05) is 55.4 Å². The Morgan fingerprint density at radius 1 is 0.325 bits per heavy atom. The Morgan fingerprint density at radius 2 is 0.667 bits per heavy atom. The van der Waals surface area contributed by atoms with Crippen molar-refractivity contribution in [1.29, 1.82) is 0 Å². The highest BCUT2D eigenvalue weighted by molar-refractivity contribution is 14.1. The molecule has 9 aliphatic carbocycles. The number of aliphatic hydroxyl groups excluding tert-OH is 10. The van der Waals surface area contributed by atoms with E-state index in [1.54, 1.807) is 28.4 Å². The van der Waals surface area contributed by atoms with Gasteiger partial charge in [0.25, 0.3) is 0 Å². The molecule has 28 unspecified atom stereocenters. The van der Waals surface area contributed by atoms with Crippen molar-refractivity contribution in [2.75, 3.05) is 41.7 Å². The van der Waals surface area contributed by atoms with Gasteiger partial charge in [0, 0.05) is 79.9 Å². The Kier molecular flexibility index (Phi) is 35.6. The number of methoxy groups -OCH3 is 4. The zero-order valence-electron chi connectivity index (χ0n) is 78.7. The SMILES string of the molecule is CC1(C)CC(O)CC(C)(CO)C1.CCC1(C)CC(C)(C)C(I)C(C)C1I.CCC1(C)CC(C)(C)C(O)C(C)C1O.CCC1(C)CC(C)(C)C(O)C(O)C1O.CCC1(C)CC(C)(C)C(O)C2OC3(OC)CCCCC3(OC)OC21.CCC1(C)CC(C)CC(C)(C)C1.COC12CCCCC1(OC)OC1C(O2)C(O)C(C)(C)CC1(C)CO. The standard InChI is InChI=1S/C19H34O5.C18H32O6.C12H22I2.C12H24O2.C12H24.C11H22O3.C10H20O2/c1-7-17(4)12-16(2,3)14(20)13-15(17)24-19(22-6)11-9-8-10-18(19,21-5)23-13;1-15(2)10-16(3,11-19)14-12(13(15)20)23-17(21-4)8-6-7-9-18(17,22-5)24-14;2*1-6-12(5)7-11(3,4)9(13)8(2)10(12)14;1-6-12(5)8-10(2)7-11(3,4)9-12;1-5-11(4)6-10(2,3)8(13)7(12)9(11)14;1-9(2)4-8(12)5-10(3,6-9)7-11/h13-15,20H,7-12H2,1-6H3;12-14,19-20H,6-11H2,1-5H3;8-10H,6-7H2,1-5H3;8-10,13-14H,6-7H2,1-5H3;10H,6-9H2,1-5H3;7-9,12-14H,5-6H2,1-4H3;8,11-12H,4-7H2,1-3H3. The van der Waals surface area contributed by atoms with Gasteiger partial charge in [-0.25, -0.2) is 0 Å². The first kappa shape index (κ1) is 105. The molecule has 9 saturated carbocycles. The van der Waals surface area contributed by atoms with Gasteiger partial charge in [0.1, 0.15) is 18.3 Å². The minimum absolute atomic E-state index is 0.0244. The van der Waals surface area contributed by atoms with E-state index < -0.39 is 88.9 Å². The fourth-order valence-electron chi connectivity index (χ4n) is 25.4. The number of hydrogen-bond donors (Lipinski definition) is 10. The van der Waals surface area contributed by atoms with Crippen molar-refractivity contribution in [1.82, 2.24) is 0 Å². The summed E-state index contributed by atoms with van der Waals surface area (Å²) in [5.74, 6) is -2.11. The van der Waals surface area contributed by atoms with Crippen LogP contribution < -0.4 is 0 Å². The van der Waals surface area contributed by atoms with Crippen molar-refractivity contribution in [2.24, 2.45) is 93.6 Å². The van der Waals surface area contributed by atoms with E-state index in [4.69, 9.17) is 37.9 Å². The number of alkyl halides is 2. The highest BCUT2D eigenvalue weighted by Gasteiger charge is 2.71. The van der Waals surface area contributed by atoms with Gasteiger partial charge in [-0.1, -0.05) is 252 Å². The van der Waals surface area contributed by atoms with Crippen molar-refractivity contribution < 1.29 is 89.0 Å². The van der Waals surface area contributed by atoms with E-state index in [-0.39, 0.29) is 80.8 Å². The molecular formula is C94H178I2O18. The second kappa shape index (κ2) is 38.5. The average molecular weight is 1850 g/mol. The normalized spacial score (nSPS) is 47.7. The average Bonchev–Trinajstić information content (AvgIpc) is 0.705. The van der Waals surface area contributed by atoms with Gasteiger partial charge < -0.3 is 89.0 Å². The first-order valence-electron chi connectivity index (χ1n) is 44.7. The van der Waals surface area contributed by atoms with E-state index in [2.05, 4.69) is 191 Å². The highest BCUT2D eigenvalue weighted by atomic mass is 127. The lowest BCUT2D eigenvalue weighted by Gasteiger charge is -2.64. The molecular weight excluding hydrogens is 1670 g/mol. The maximum absolute atomic E-state index is 11.0. The summed E-state index contributed by atoms with van der Waals surface area (Å²) in [7, 11) is 6.55. The number of ether oxygens (including phenoxy) is 8. The lowest BCUT2D eigenvalue weighted by atomic mass is 9.57. The minimum Gasteiger partial charge on any atom is -0.396 e. The highest BCUT2D eigenvalue weighted by Crippen LogP contribution is 2.62. The quantitative estimate of drug-likeness (QED) is 0.0680.